The predicted molar refractivity (Wildman–Crippen MR) is 122 cm³/mol. The Labute approximate surface area is 200 Å². The van der Waals surface area contributed by atoms with Crippen molar-refractivity contribution < 1.29 is 37.9 Å². The van der Waals surface area contributed by atoms with Gasteiger partial charge in [-0.05, 0) is 59.7 Å². The molecule has 0 heterocycles. The molecule has 0 saturated heterocycles. The molecule has 1 aliphatic carbocycles. The van der Waals surface area contributed by atoms with Gasteiger partial charge in [0.15, 0.2) is 17.7 Å². The molecule has 1 fully saturated rings. The van der Waals surface area contributed by atoms with E-state index in [1.165, 1.54) is 12.1 Å². The molecule has 178 valence electrons. The van der Waals surface area contributed by atoms with Crippen LogP contribution in [-0.2, 0) is 9.68 Å². The van der Waals surface area contributed by atoms with Crippen LogP contribution in [0.15, 0.2) is 29.4 Å². The molecule has 1 aliphatic rings. The zero-order valence-electron chi connectivity index (χ0n) is 17.2. The molecule has 1 atom stereocenters. The largest absolute Gasteiger partial charge is 0.394 e. The van der Waals surface area contributed by atoms with Gasteiger partial charge in [0.1, 0.15) is 5.82 Å². The second-order valence-electron chi connectivity index (χ2n) is 7.17. The Morgan fingerprint density at radius 3 is 2.64 bits per heavy atom. The molecule has 1 amide bonds. The van der Waals surface area contributed by atoms with Crippen molar-refractivity contribution in [3.8, 4) is 0 Å². The number of hydroxylamine groups is 1. The summed E-state index contributed by atoms with van der Waals surface area (Å²) in [5.74, 6) is -4.37. The number of nitrogens with zero attached hydrogens (tertiary/aromatic N) is 1. The fourth-order valence-electron chi connectivity index (χ4n) is 2.89. The average Bonchev–Trinajstić information content (AvgIpc) is 3.62. The van der Waals surface area contributed by atoms with Gasteiger partial charge < -0.3 is 20.4 Å². The molecular weight excluding hydrogens is 558 g/mol. The third-order valence-corrected chi connectivity index (χ3v) is 5.42. The number of benzene rings is 2. The first-order chi connectivity index (χ1) is 15.8. The monoisotopic (exact) mass is 579 g/mol. The van der Waals surface area contributed by atoms with Gasteiger partial charge in [0.05, 0.1) is 43.0 Å². The Hall–Kier alpha value is -2.42. The van der Waals surface area contributed by atoms with Crippen LogP contribution in [0.2, 0.25) is 0 Å². The van der Waals surface area contributed by atoms with E-state index in [4.69, 9.17) is 14.8 Å². The zero-order chi connectivity index (χ0) is 24.0. The topological polar surface area (TPSA) is 112 Å². The van der Waals surface area contributed by atoms with Crippen molar-refractivity contribution in [1.29, 1.82) is 0 Å². The first-order valence-corrected chi connectivity index (χ1v) is 11.0. The smallest absolute Gasteiger partial charge is 0.277 e. The molecule has 1 unspecified atom stereocenters. The molecule has 3 rings (SSSR count). The minimum absolute atomic E-state index is 0.147. The Balaban J connectivity index is 1.94. The van der Waals surface area contributed by atoms with Crippen LogP contribution in [0.5, 0.6) is 0 Å². The van der Waals surface area contributed by atoms with Crippen molar-refractivity contribution in [2.24, 2.45) is 11.1 Å². The fraction of sp³-hybridized carbons (Fsp3) is 0.333. The quantitative estimate of drug-likeness (QED) is 0.141. The molecule has 2 aromatic rings. The standard InChI is InChI=1S/C21H21F3IN3O5/c22-15-8-13(25)3-4-16(15)27-20-14(21(31)28-32-6-5-29)7-12(18(23)19(20)24)9-26-33-17(10-30)11-1-2-11/h3-4,7-9,11,17,27,29-30H,1-2,5-6,10H2,(H,28,31). The summed E-state index contributed by atoms with van der Waals surface area (Å²) in [7, 11) is 0. The summed E-state index contributed by atoms with van der Waals surface area (Å²) in [6.07, 6.45) is 2.06. The van der Waals surface area contributed by atoms with Gasteiger partial charge in [0.25, 0.3) is 5.91 Å². The lowest BCUT2D eigenvalue weighted by molar-refractivity contribution is 0.00371. The minimum atomic E-state index is -1.45. The maximum Gasteiger partial charge on any atom is 0.277 e. The van der Waals surface area contributed by atoms with Crippen molar-refractivity contribution in [1.82, 2.24) is 5.48 Å². The Morgan fingerprint density at radius 2 is 2.00 bits per heavy atom. The number of aliphatic hydroxyl groups is 2. The number of carbonyl (C=O) groups excluding carboxylic acids is 1. The van der Waals surface area contributed by atoms with Crippen molar-refractivity contribution in [2.75, 3.05) is 25.1 Å². The van der Waals surface area contributed by atoms with Gasteiger partial charge in [-0.3, -0.25) is 9.63 Å². The molecule has 12 heteroatoms. The highest BCUT2D eigenvalue weighted by molar-refractivity contribution is 14.1. The van der Waals surface area contributed by atoms with Gasteiger partial charge in [-0.2, -0.15) is 0 Å². The molecule has 1 saturated carbocycles. The van der Waals surface area contributed by atoms with E-state index in [1.54, 1.807) is 6.07 Å². The Bertz CT molecular complexity index is 1040. The second kappa shape index (κ2) is 11.6. The number of hydrogen-bond acceptors (Lipinski definition) is 7. The number of amides is 1. The van der Waals surface area contributed by atoms with Gasteiger partial charge >= 0.3 is 0 Å². The average molecular weight is 579 g/mol. The van der Waals surface area contributed by atoms with Crippen LogP contribution in [0.4, 0.5) is 24.5 Å². The van der Waals surface area contributed by atoms with E-state index in [1.807, 2.05) is 28.1 Å². The van der Waals surface area contributed by atoms with Gasteiger partial charge in [0, 0.05) is 15.1 Å². The van der Waals surface area contributed by atoms with Crippen LogP contribution in [0.1, 0.15) is 28.8 Å². The molecule has 0 aliphatic heterocycles. The molecule has 2 aromatic carbocycles. The first-order valence-electron chi connectivity index (χ1n) is 9.92. The third kappa shape index (κ3) is 6.56. The van der Waals surface area contributed by atoms with Crippen LogP contribution in [0.25, 0.3) is 0 Å². The lowest BCUT2D eigenvalue weighted by atomic mass is 10.1. The summed E-state index contributed by atoms with van der Waals surface area (Å²) in [6, 6.07) is 5.02. The van der Waals surface area contributed by atoms with Gasteiger partial charge in [-0.1, -0.05) is 5.16 Å². The molecule has 0 radical (unpaired) electrons. The highest BCUT2D eigenvalue weighted by Crippen LogP contribution is 2.34. The highest BCUT2D eigenvalue weighted by atomic mass is 127. The number of anilines is 2. The third-order valence-electron chi connectivity index (χ3n) is 4.74. The normalized spacial score (nSPS) is 14.4. The van der Waals surface area contributed by atoms with Crippen LogP contribution in [0, 0.1) is 26.9 Å². The number of rotatable bonds is 11. The van der Waals surface area contributed by atoms with Crippen LogP contribution in [-0.4, -0.2) is 48.3 Å². The van der Waals surface area contributed by atoms with Gasteiger partial charge in [-0.25, -0.2) is 18.7 Å². The van der Waals surface area contributed by atoms with E-state index in [9.17, 15) is 23.1 Å². The van der Waals surface area contributed by atoms with E-state index < -0.39 is 46.3 Å². The number of halogens is 4. The number of oxime groups is 1. The van der Waals surface area contributed by atoms with E-state index in [0.717, 1.165) is 25.1 Å². The predicted octanol–water partition coefficient (Wildman–Crippen LogP) is 3.23. The number of aliphatic hydroxyl groups excluding tert-OH is 2. The lowest BCUT2D eigenvalue weighted by Crippen LogP contribution is -2.26. The molecular formula is C21H21F3IN3O5. The summed E-state index contributed by atoms with van der Waals surface area (Å²) in [5.41, 5.74) is 0.368. The summed E-state index contributed by atoms with van der Waals surface area (Å²) in [6.45, 7) is -0.909. The maximum atomic E-state index is 15.0. The number of carbonyl (C=O) groups is 1. The first kappa shape index (κ1) is 25.2. The number of hydrogen-bond donors (Lipinski definition) is 4. The summed E-state index contributed by atoms with van der Waals surface area (Å²) in [4.78, 5) is 22.5. The van der Waals surface area contributed by atoms with Gasteiger partial charge in [-0.15, -0.1) is 0 Å². The Morgan fingerprint density at radius 1 is 1.24 bits per heavy atom. The highest BCUT2D eigenvalue weighted by Gasteiger charge is 2.32. The Kier molecular flexibility index (Phi) is 8.88. The molecule has 8 nitrogen and oxygen atoms in total. The zero-order valence-corrected chi connectivity index (χ0v) is 19.3. The van der Waals surface area contributed by atoms with E-state index >= 15 is 0 Å². The van der Waals surface area contributed by atoms with Crippen LogP contribution < -0.4 is 10.8 Å². The number of nitrogens with one attached hydrogen (secondary N) is 2. The molecule has 33 heavy (non-hydrogen) atoms. The second-order valence-corrected chi connectivity index (χ2v) is 8.41. The maximum absolute atomic E-state index is 15.0. The summed E-state index contributed by atoms with van der Waals surface area (Å²) < 4.78 is 44.6. The molecule has 0 aromatic heterocycles. The van der Waals surface area contributed by atoms with Crippen LogP contribution in [0.3, 0.4) is 0 Å². The SMILES string of the molecule is O=C(NOCCO)c1cc(C=NOC(CO)C2CC2)c(F)c(F)c1Nc1ccc(I)cc1F. The lowest BCUT2D eigenvalue weighted by Gasteiger charge is -2.16. The van der Waals surface area contributed by atoms with Crippen molar-refractivity contribution in [3.63, 3.8) is 0 Å². The minimum Gasteiger partial charge on any atom is -0.394 e. The van der Waals surface area contributed by atoms with E-state index in [2.05, 4.69) is 10.5 Å². The molecule has 0 spiro atoms. The van der Waals surface area contributed by atoms with E-state index in [-0.39, 0.29) is 31.4 Å². The fourth-order valence-corrected chi connectivity index (χ4v) is 3.34. The van der Waals surface area contributed by atoms with E-state index in [0.29, 0.717) is 3.57 Å². The van der Waals surface area contributed by atoms with Crippen molar-refractivity contribution in [2.45, 2.75) is 18.9 Å². The van der Waals surface area contributed by atoms with Crippen molar-refractivity contribution in [3.05, 3.63) is 56.4 Å². The summed E-state index contributed by atoms with van der Waals surface area (Å²) >= 11 is 1.89. The van der Waals surface area contributed by atoms with Crippen molar-refractivity contribution >= 4 is 46.1 Å². The van der Waals surface area contributed by atoms with Gasteiger partial charge in [0.2, 0.25) is 0 Å². The molecule has 4 N–H and O–H groups in total. The molecule has 0 bridgehead atoms. The van der Waals surface area contributed by atoms with Crippen LogP contribution >= 0.6 is 22.6 Å². The summed E-state index contributed by atoms with van der Waals surface area (Å²) in [5, 5.41) is 24.1.